The number of benzene rings is 2. The standard InChI is InChI=1S/C20H23N3O5/c1-21-10-3-11-22(13-12-21)20(24)18-14-15(23(25)26)4-9-19(18)28-17-7-5-16(27-2)6-8-17/h4-9,14H,3,10-13H2,1-2H3. The predicted octanol–water partition coefficient (Wildman–Crippen LogP) is 3.17. The van der Waals surface area contributed by atoms with Crippen molar-refractivity contribution in [2.45, 2.75) is 6.42 Å². The lowest BCUT2D eigenvalue weighted by Crippen LogP contribution is -2.34. The third kappa shape index (κ3) is 4.58. The van der Waals surface area contributed by atoms with Crippen LogP contribution in [0.4, 0.5) is 5.69 Å². The van der Waals surface area contributed by atoms with Gasteiger partial charge in [0, 0.05) is 31.8 Å². The maximum atomic E-state index is 13.1. The Labute approximate surface area is 163 Å². The van der Waals surface area contributed by atoms with Crippen molar-refractivity contribution in [2.75, 3.05) is 40.3 Å². The van der Waals surface area contributed by atoms with E-state index >= 15 is 0 Å². The molecule has 2 aromatic carbocycles. The van der Waals surface area contributed by atoms with Crippen molar-refractivity contribution >= 4 is 11.6 Å². The van der Waals surface area contributed by atoms with E-state index in [0.29, 0.717) is 30.3 Å². The Bertz CT molecular complexity index is 853. The van der Waals surface area contributed by atoms with E-state index in [9.17, 15) is 14.9 Å². The number of ether oxygens (including phenoxy) is 2. The van der Waals surface area contributed by atoms with E-state index in [0.717, 1.165) is 19.5 Å². The molecule has 0 spiro atoms. The second kappa shape index (κ2) is 8.71. The van der Waals surface area contributed by atoms with Crippen molar-refractivity contribution in [3.8, 4) is 17.2 Å². The van der Waals surface area contributed by atoms with Crippen LogP contribution in [0.5, 0.6) is 17.2 Å². The van der Waals surface area contributed by atoms with Crippen LogP contribution in [-0.2, 0) is 0 Å². The van der Waals surface area contributed by atoms with Gasteiger partial charge in [0.05, 0.1) is 17.6 Å². The van der Waals surface area contributed by atoms with E-state index in [-0.39, 0.29) is 17.2 Å². The molecule has 1 saturated heterocycles. The third-order valence-corrected chi connectivity index (χ3v) is 4.70. The largest absolute Gasteiger partial charge is 0.497 e. The van der Waals surface area contributed by atoms with Gasteiger partial charge in [-0.2, -0.15) is 0 Å². The summed E-state index contributed by atoms with van der Waals surface area (Å²) in [5, 5.41) is 11.2. The molecule has 3 rings (SSSR count). The second-order valence-electron chi connectivity index (χ2n) is 6.66. The highest BCUT2D eigenvalue weighted by molar-refractivity contribution is 5.97. The van der Waals surface area contributed by atoms with E-state index in [1.807, 2.05) is 7.05 Å². The fraction of sp³-hybridized carbons (Fsp3) is 0.350. The SMILES string of the molecule is COc1ccc(Oc2ccc([N+](=O)[O-])cc2C(=O)N2CCCN(C)CC2)cc1. The van der Waals surface area contributed by atoms with Gasteiger partial charge >= 0.3 is 0 Å². The Morgan fingerprint density at radius 1 is 1.04 bits per heavy atom. The molecule has 1 aliphatic rings. The van der Waals surface area contributed by atoms with Gasteiger partial charge in [0.25, 0.3) is 11.6 Å². The van der Waals surface area contributed by atoms with Crippen LogP contribution in [-0.4, -0.2) is 61.0 Å². The highest BCUT2D eigenvalue weighted by Gasteiger charge is 2.24. The van der Waals surface area contributed by atoms with E-state index in [4.69, 9.17) is 9.47 Å². The van der Waals surface area contributed by atoms with Gasteiger partial charge < -0.3 is 19.3 Å². The molecule has 0 bridgehead atoms. The number of hydrogen-bond donors (Lipinski definition) is 0. The van der Waals surface area contributed by atoms with Crippen LogP contribution >= 0.6 is 0 Å². The molecule has 8 heteroatoms. The zero-order chi connectivity index (χ0) is 20.1. The van der Waals surface area contributed by atoms with E-state index < -0.39 is 4.92 Å². The van der Waals surface area contributed by atoms with Gasteiger partial charge in [-0.05, 0) is 50.3 Å². The lowest BCUT2D eigenvalue weighted by Gasteiger charge is -2.22. The van der Waals surface area contributed by atoms with E-state index in [2.05, 4.69) is 4.90 Å². The van der Waals surface area contributed by atoms with Gasteiger partial charge in [-0.25, -0.2) is 0 Å². The summed E-state index contributed by atoms with van der Waals surface area (Å²) in [6.07, 6.45) is 0.853. The summed E-state index contributed by atoms with van der Waals surface area (Å²) in [5.74, 6) is 1.22. The zero-order valence-corrected chi connectivity index (χ0v) is 16.0. The summed E-state index contributed by atoms with van der Waals surface area (Å²) in [7, 11) is 3.58. The van der Waals surface area contributed by atoms with Gasteiger partial charge in [0.2, 0.25) is 0 Å². The van der Waals surface area contributed by atoms with Crippen molar-refractivity contribution < 1.29 is 19.2 Å². The molecule has 1 amide bonds. The molecule has 2 aromatic rings. The number of likely N-dealkylation sites (N-methyl/N-ethyl adjacent to an activating group) is 1. The van der Waals surface area contributed by atoms with Crippen LogP contribution < -0.4 is 9.47 Å². The molecular weight excluding hydrogens is 362 g/mol. The maximum absolute atomic E-state index is 13.1. The Hall–Kier alpha value is -3.13. The first kappa shape index (κ1) is 19.6. The highest BCUT2D eigenvalue weighted by Crippen LogP contribution is 2.31. The van der Waals surface area contributed by atoms with Crippen LogP contribution in [0.1, 0.15) is 16.8 Å². The number of methoxy groups -OCH3 is 1. The number of nitro groups is 1. The van der Waals surface area contributed by atoms with Crippen molar-refractivity contribution in [3.05, 3.63) is 58.1 Å². The molecule has 1 aliphatic heterocycles. The van der Waals surface area contributed by atoms with Gasteiger partial charge in [0.1, 0.15) is 17.2 Å². The van der Waals surface area contributed by atoms with E-state index in [1.54, 1.807) is 36.3 Å². The number of carbonyl (C=O) groups excluding carboxylic acids is 1. The minimum absolute atomic E-state index is 0.141. The molecule has 0 aromatic heterocycles. The topological polar surface area (TPSA) is 85.1 Å². The van der Waals surface area contributed by atoms with Gasteiger partial charge in [0.15, 0.2) is 0 Å². The van der Waals surface area contributed by atoms with Gasteiger partial charge in [-0.1, -0.05) is 0 Å². The van der Waals surface area contributed by atoms with Crippen LogP contribution in [0.25, 0.3) is 0 Å². The minimum atomic E-state index is -0.510. The average Bonchev–Trinajstić information content (AvgIpc) is 2.92. The molecule has 148 valence electrons. The van der Waals surface area contributed by atoms with Crippen LogP contribution in [0, 0.1) is 10.1 Å². The Morgan fingerprint density at radius 3 is 2.43 bits per heavy atom. The number of amides is 1. The predicted molar refractivity (Wildman–Crippen MR) is 104 cm³/mol. The number of nitro benzene ring substituents is 1. The zero-order valence-electron chi connectivity index (χ0n) is 16.0. The summed E-state index contributed by atoms with van der Waals surface area (Å²) in [4.78, 5) is 27.7. The van der Waals surface area contributed by atoms with Gasteiger partial charge in [-0.15, -0.1) is 0 Å². The minimum Gasteiger partial charge on any atom is -0.497 e. The number of nitrogens with zero attached hydrogens (tertiary/aromatic N) is 3. The molecule has 0 aliphatic carbocycles. The summed E-state index contributed by atoms with van der Waals surface area (Å²) in [6.45, 7) is 2.84. The van der Waals surface area contributed by atoms with Crippen molar-refractivity contribution in [1.82, 2.24) is 9.80 Å². The van der Waals surface area contributed by atoms with Gasteiger partial charge in [-0.3, -0.25) is 14.9 Å². The number of hydrogen-bond acceptors (Lipinski definition) is 6. The first-order valence-corrected chi connectivity index (χ1v) is 9.06. The number of carbonyl (C=O) groups is 1. The Kier molecular flexibility index (Phi) is 6.10. The molecule has 1 heterocycles. The molecule has 0 radical (unpaired) electrons. The number of non-ortho nitro benzene ring substituents is 1. The molecule has 28 heavy (non-hydrogen) atoms. The molecule has 0 N–H and O–H groups in total. The van der Waals surface area contributed by atoms with Crippen molar-refractivity contribution in [2.24, 2.45) is 0 Å². The second-order valence-corrected chi connectivity index (χ2v) is 6.66. The lowest BCUT2D eigenvalue weighted by atomic mass is 10.1. The molecule has 8 nitrogen and oxygen atoms in total. The molecule has 0 saturated carbocycles. The molecule has 1 fully saturated rings. The fourth-order valence-electron chi connectivity index (χ4n) is 3.08. The average molecular weight is 385 g/mol. The molecule has 0 unspecified atom stereocenters. The maximum Gasteiger partial charge on any atom is 0.270 e. The fourth-order valence-corrected chi connectivity index (χ4v) is 3.08. The summed E-state index contributed by atoms with van der Waals surface area (Å²) in [6, 6.07) is 11.0. The smallest absolute Gasteiger partial charge is 0.270 e. The monoisotopic (exact) mass is 385 g/mol. The molecular formula is C20H23N3O5. The van der Waals surface area contributed by atoms with Crippen molar-refractivity contribution in [1.29, 1.82) is 0 Å². The Balaban J connectivity index is 1.90. The summed E-state index contributed by atoms with van der Waals surface area (Å²) in [5.41, 5.74) is 0.0481. The van der Waals surface area contributed by atoms with Crippen LogP contribution in [0.2, 0.25) is 0 Å². The van der Waals surface area contributed by atoms with Crippen LogP contribution in [0.15, 0.2) is 42.5 Å². The number of rotatable bonds is 5. The highest BCUT2D eigenvalue weighted by atomic mass is 16.6. The summed E-state index contributed by atoms with van der Waals surface area (Å²) >= 11 is 0. The van der Waals surface area contributed by atoms with Crippen LogP contribution in [0.3, 0.4) is 0 Å². The van der Waals surface area contributed by atoms with Crippen molar-refractivity contribution in [3.63, 3.8) is 0 Å². The molecule has 0 atom stereocenters. The first-order chi connectivity index (χ1) is 13.5. The normalized spacial score (nSPS) is 15.0. The quantitative estimate of drug-likeness (QED) is 0.581. The third-order valence-electron chi connectivity index (χ3n) is 4.70. The van der Waals surface area contributed by atoms with E-state index in [1.165, 1.54) is 18.2 Å². The summed E-state index contributed by atoms with van der Waals surface area (Å²) < 4.78 is 11.0. The lowest BCUT2D eigenvalue weighted by molar-refractivity contribution is -0.384. The first-order valence-electron chi connectivity index (χ1n) is 9.06. The Morgan fingerprint density at radius 2 is 1.75 bits per heavy atom.